The van der Waals surface area contributed by atoms with Crippen LogP contribution in [0.4, 0.5) is 5.82 Å². The molecule has 2 saturated heterocycles. The molecule has 1 aromatic heterocycles. The first-order valence-electron chi connectivity index (χ1n) is 5.78. The van der Waals surface area contributed by atoms with Crippen molar-refractivity contribution in [2.24, 2.45) is 5.92 Å². The number of anilines is 1. The minimum absolute atomic E-state index is 0.0237. The molecule has 0 saturated carbocycles. The molecular weight excluding hydrogens is 240 g/mol. The Hall–Kier alpha value is -2.12. The molecule has 3 heterocycles. The van der Waals surface area contributed by atoms with E-state index in [1.54, 1.807) is 4.90 Å². The number of aliphatic carboxylic acids is 1. The van der Waals surface area contributed by atoms with Gasteiger partial charge in [0.25, 0.3) is 5.56 Å². The highest BCUT2D eigenvalue weighted by Crippen LogP contribution is 2.42. The molecule has 1 aromatic rings. The number of rotatable bonds is 2. The highest BCUT2D eigenvalue weighted by atomic mass is 16.4. The lowest BCUT2D eigenvalue weighted by molar-refractivity contribution is -0.142. The monoisotopic (exact) mass is 252 g/mol. The van der Waals surface area contributed by atoms with Crippen LogP contribution in [0.1, 0.15) is 19.3 Å². The van der Waals surface area contributed by atoms with Gasteiger partial charge in [0.15, 0.2) is 0 Å². The van der Waals surface area contributed by atoms with Crippen molar-refractivity contribution in [2.45, 2.75) is 31.3 Å². The second-order valence-corrected chi connectivity index (χ2v) is 4.72. The summed E-state index contributed by atoms with van der Waals surface area (Å²) in [6.07, 6.45) is 2.12. The molecule has 3 rings (SSSR count). The summed E-state index contributed by atoms with van der Waals surface area (Å²) < 4.78 is 0. The number of hydrogen-bond acceptors (Lipinski definition) is 5. The van der Waals surface area contributed by atoms with Crippen LogP contribution in [0.25, 0.3) is 0 Å². The molecule has 3 unspecified atom stereocenters. The van der Waals surface area contributed by atoms with Gasteiger partial charge in [-0.15, -0.1) is 5.10 Å². The number of carboxylic acids is 1. The summed E-state index contributed by atoms with van der Waals surface area (Å²) in [5.74, 6) is -1.18. The maximum atomic E-state index is 11.7. The van der Waals surface area contributed by atoms with Crippen LogP contribution in [0.15, 0.2) is 9.59 Å². The fraction of sp³-hybridized carbons (Fsp3) is 0.600. The molecule has 3 atom stereocenters. The second-order valence-electron chi connectivity index (χ2n) is 4.72. The molecule has 8 nitrogen and oxygen atoms in total. The molecule has 0 radical (unpaired) electrons. The Kier molecular flexibility index (Phi) is 2.25. The van der Waals surface area contributed by atoms with Crippen molar-refractivity contribution in [1.82, 2.24) is 15.2 Å². The summed E-state index contributed by atoms with van der Waals surface area (Å²) in [6, 6.07) is -0.178. The average Bonchev–Trinajstić information content (AvgIpc) is 2.86. The lowest BCUT2D eigenvalue weighted by Crippen LogP contribution is -2.39. The Morgan fingerprint density at radius 1 is 1.39 bits per heavy atom. The van der Waals surface area contributed by atoms with Crippen molar-refractivity contribution in [1.29, 1.82) is 0 Å². The van der Waals surface area contributed by atoms with Crippen LogP contribution >= 0.6 is 0 Å². The molecule has 2 aliphatic heterocycles. The number of aromatic amines is 2. The number of nitrogens with zero attached hydrogens (tertiary/aromatic N) is 2. The van der Waals surface area contributed by atoms with E-state index in [0.717, 1.165) is 12.8 Å². The van der Waals surface area contributed by atoms with Crippen molar-refractivity contribution in [3.8, 4) is 0 Å². The van der Waals surface area contributed by atoms with Gasteiger partial charge in [-0.2, -0.15) is 0 Å². The fourth-order valence-electron chi connectivity index (χ4n) is 3.10. The SMILES string of the molecule is O=C(O)C1CC2CCC1N2c1n[nH]c(=O)[nH]c1=O. The zero-order chi connectivity index (χ0) is 12.9. The molecule has 0 amide bonds. The molecule has 0 aromatic carbocycles. The standard InChI is InChI=1S/C10H12N4O4/c15-8-7(12-13-10(18)11-8)14-4-1-2-6(14)5(3-4)9(16)17/h4-6H,1-3H2,(H,16,17)(H2,11,13,15,18). The lowest BCUT2D eigenvalue weighted by atomic mass is 9.89. The van der Waals surface area contributed by atoms with E-state index in [0.29, 0.717) is 6.42 Å². The molecule has 2 fully saturated rings. The normalized spacial score (nSPS) is 29.8. The van der Waals surface area contributed by atoms with Crippen LogP contribution in [-0.4, -0.2) is 38.3 Å². The molecule has 3 N–H and O–H groups in total. The Balaban J connectivity index is 2.01. The van der Waals surface area contributed by atoms with Gasteiger partial charge in [-0.25, -0.2) is 9.89 Å². The summed E-state index contributed by atoms with van der Waals surface area (Å²) in [5.41, 5.74) is -1.23. The third kappa shape index (κ3) is 1.45. The summed E-state index contributed by atoms with van der Waals surface area (Å²) in [4.78, 5) is 37.6. The Morgan fingerprint density at radius 3 is 2.78 bits per heavy atom. The molecule has 2 bridgehead atoms. The number of H-pyrrole nitrogens is 2. The highest BCUT2D eigenvalue weighted by Gasteiger charge is 2.50. The molecule has 18 heavy (non-hydrogen) atoms. The number of aromatic nitrogens is 3. The number of hydrogen-bond donors (Lipinski definition) is 3. The van der Waals surface area contributed by atoms with Gasteiger partial charge >= 0.3 is 11.7 Å². The van der Waals surface area contributed by atoms with E-state index in [2.05, 4.69) is 15.2 Å². The lowest BCUT2D eigenvalue weighted by Gasteiger charge is -2.22. The van der Waals surface area contributed by atoms with Crippen LogP contribution in [0.5, 0.6) is 0 Å². The zero-order valence-electron chi connectivity index (χ0n) is 9.42. The first-order valence-corrected chi connectivity index (χ1v) is 5.78. The average molecular weight is 252 g/mol. The smallest absolute Gasteiger partial charge is 0.342 e. The summed E-state index contributed by atoms with van der Waals surface area (Å²) in [7, 11) is 0. The van der Waals surface area contributed by atoms with Gasteiger partial charge in [-0.1, -0.05) is 0 Å². The third-order valence-electron chi connectivity index (χ3n) is 3.79. The Bertz CT molecular complexity index is 606. The van der Waals surface area contributed by atoms with Crippen LogP contribution < -0.4 is 16.1 Å². The van der Waals surface area contributed by atoms with E-state index < -0.39 is 23.1 Å². The van der Waals surface area contributed by atoms with Gasteiger partial charge in [-0.05, 0) is 19.3 Å². The van der Waals surface area contributed by atoms with Gasteiger partial charge in [0.2, 0.25) is 5.82 Å². The fourth-order valence-corrected chi connectivity index (χ4v) is 3.10. The number of carbonyl (C=O) groups is 1. The molecule has 8 heteroatoms. The van der Waals surface area contributed by atoms with Crippen LogP contribution in [0.3, 0.4) is 0 Å². The summed E-state index contributed by atoms with van der Waals surface area (Å²) >= 11 is 0. The van der Waals surface area contributed by atoms with Crippen LogP contribution in [-0.2, 0) is 4.79 Å². The number of nitrogens with one attached hydrogen (secondary N) is 2. The van der Waals surface area contributed by atoms with Crippen molar-refractivity contribution < 1.29 is 9.90 Å². The van der Waals surface area contributed by atoms with E-state index in [9.17, 15) is 14.4 Å². The maximum Gasteiger partial charge on any atom is 0.342 e. The molecule has 0 aliphatic carbocycles. The Labute approximate surface area is 101 Å². The van der Waals surface area contributed by atoms with E-state index in [1.807, 2.05) is 0 Å². The molecule has 2 aliphatic rings. The van der Waals surface area contributed by atoms with Gasteiger partial charge in [0.1, 0.15) is 0 Å². The highest BCUT2D eigenvalue weighted by molar-refractivity contribution is 5.73. The maximum absolute atomic E-state index is 11.7. The van der Waals surface area contributed by atoms with E-state index >= 15 is 0 Å². The number of carboxylic acid groups (broad SMARTS) is 1. The molecule has 96 valence electrons. The minimum atomic E-state index is -0.840. The van der Waals surface area contributed by atoms with Crippen molar-refractivity contribution in [3.05, 3.63) is 20.8 Å². The first-order chi connectivity index (χ1) is 8.58. The quantitative estimate of drug-likeness (QED) is 0.614. The minimum Gasteiger partial charge on any atom is -0.481 e. The van der Waals surface area contributed by atoms with Crippen molar-refractivity contribution in [2.75, 3.05) is 4.90 Å². The van der Waals surface area contributed by atoms with Gasteiger partial charge < -0.3 is 10.0 Å². The summed E-state index contributed by atoms with van der Waals surface area (Å²) in [5, 5.41) is 15.0. The largest absolute Gasteiger partial charge is 0.481 e. The van der Waals surface area contributed by atoms with Crippen LogP contribution in [0, 0.1) is 5.92 Å². The predicted octanol–water partition coefficient (Wildman–Crippen LogP) is -1.10. The predicted molar refractivity (Wildman–Crippen MR) is 60.5 cm³/mol. The van der Waals surface area contributed by atoms with E-state index in [4.69, 9.17) is 5.11 Å². The third-order valence-corrected chi connectivity index (χ3v) is 3.79. The zero-order valence-corrected chi connectivity index (χ0v) is 9.42. The van der Waals surface area contributed by atoms with Gasteiger partial charge in [-0.3, -0.25) is 14.6 Å². The van der Waals surface area contributed by atoms with E-state index in [-0.39, 0.29) is 17.9 Å². The molecular formula is C10H12N4O4. The van der Waals surface area contributed by atoms with Crippen LogP contribution in [0.2, 0.25) is 0 Å². The second kappa shape index (κ2) is 3.69. The van der Waals surface area contributed by atoms with Gasteiger partial charge in [0, 0.05) is 12.1 Å². The topological polar surface area (TPSA) is 119 Å². The Morgan fingerprint density at radius 2 is 2.17 bits per heavy atom. The first kappa shape index (κ1) is 11.0. The molecule has 0 spiro atoms. The summed E-state index contributed by atoms with van der Waals surface area (Å²) in [6.45, 7) is 0. The van der Waals surface area contributed by atoms with Crippen molar-refractivity contribution >= 4 is 11.8 Å². The number of fused-ring (bicyclic) bond motifs is 2. The van der Waals surface area contributed by atoms with E-state index in [1.165, 1.54) is 0 Å². The van der Waals surface area contributed by atoms with Gasteiger partial charge in [0.05, 0.1) is 5.92 Å². The van der Waals surface area contributed by atoms with Crippen molar-refractivity contribution in [3.63, 3.8) is 0 Å².